The zero-order valence-corrected chi connectivity index (χ0v) is 18.0. The van der Waals surface area contributed by atoms with Crippen molar-refractivity contribution in [1.82, 2.24) is 25.1 Å². The van der Waals surface area contributed by atoms with E-state index in [1.807, 2.05) is 11.0 Å². The number of carbonyl (C=O) groups excluding carboxylic acids is 3. The van der Waals surface area contributed by atoms with Gasteiger partial charge in [0.15, 0.2) is 0 Å². The number of hydrogen-bond acceptors (Lipinski definition) is 6. The third-order valence-electron chi connectivity index (χ3n) is 6.06. The van der Waals surface area contributed by atoms with E-state index in [4.69, 9.17) is 0 Å². The first-order valence-electron chi connectivity index (χ1n) is 11.0. The van der Waals surface area contributed by atoms with Gasteiger partial charge in [0.25, 0.3) is 5.91 Å². The van der Waals surface area contributed by atoms with Crippen molar-refractivity contribution in [2.24, 2.45) is 5.92 Å². The molecule has 1 N–H and O–H groups in total. The number of benzene rings is 1. The number of aromatic nitrogens is 2. The summed E-state index contributed by atoms with van der Waals surface area (Å²) in [6.07, 6.45) is 4.75. The van der Waals surface area contributed by atoms with Gasteiger partial charge in [0.1, 0.15) is 0 Å². The number of nitrogens with zero attached hydrogens (tertiary/aromatic N) is 5. The lowest BCUT2D eigenvalue weighted by Gasteiger charge is -2.38. The molecular weight excluding hydrogens is 408 g/mol. The molecule has 3 amide bonds. The van der Waals surface area contributed by atoms with Crippen LogP contribution in [0.25, 0.3) is 0 Å². The minimum absolute atomic E-state index is 0.0319. The second-order valence-corrected chi connectivity index (χ2v) is 8.06. The van der Waals surface area contributed by atoms with Crippen molar-refractivity contribution < 1.29 is 14.4 Å². The van der Waals surface area contributed by atoms with E-state index in [9.17, 15) is 14.4 Å². The molecule has 9 nitrogen and oxygen atoms in total. The Morgan fingerprint density at radius 1 is 0.844 bits per heavy atom. The van der Waals surface area contributed by atoms with Gasteiger partial charge in [-0.2, -0.15) is 0 Å². The molecule has 2 aliphatic rings. The van der Waals surface area contributed by atoms with Gasteiger partial charge in [-0.25, -0.2) is 9.97 Å². The van der Waals surface area contributed by atoms with E-state index in [1.54, 1.807) is 47.6 Å². The number of rotatable bonds is 5. The van der Waals surface area contributed by atoms with E-state index in [2.05, 4.69) is 20.2 Å². The summed E-state index contributed by atoms with van der Waals surface area (Å²) < 4.78 is 0. The lowest BCUT2D eigenvalue weighted by Crippen LogP contribution is -2.52. The summed E-state index contributed by atoms with van der Waals surface area (Å²) in [7, 11) is 0. The van der Waals surface area contributed by atoms with Crippen LogP contribution in [0.1, 0.15) is 23.2 Å². The fourth-order valence-corrected chi connectivity index (χ4v) is 4.17. The largest absolute Gasteiger partial charge is 0.343 e. The smallest absolute Gasteiger partial charge is 0.251 e. The summed E-state index contributed by atoms with van der Waals surface area (Å²) in [4.78, 5) is 51.9. The van der Waals surface area contributed by atoms with E-state index < -0.39 is 0 Å². The first kappa shape index (κ1) is 21.7. The predicted octanol–water partition coefficient (Wildman–Crippen LogP) is 0.794. The summed E-state index contributed by atoms with van der Waals surface area (Å²) in [5.41, 5.74) is 0.531. The van der Waals surface area contributed by atoms with Crippen LogP contribution >= 0.6 is 0 Å². The maximum Gasteiger partial charge on any atom is 0.251 e. The highest BCUT2D eigenvalue weighted by molar-refractivity contribution is 5.96. The Hall–Kier alpha value is -3.49. The van der Waals surface area contributed by atoms with Gasteiger partial charge in [-0.3, -0.25) is 14.4 Å². The standard InChI is InChI=1S/C23H28N6O3/c30-20(17-26-21(31)18-5-2-1-3-6-18)27-11-7-19(8-12-27)22(32)28-13-15-29(16-14-28)23-24-9-4-10-25-23/h1-6,9-10,19H,7-8,11-17H2,(H,26,31). The van der Waals surface area contributed by atoms with Crippen LogP contribution in [0.4, 0.5) is 5.95 Å². The van der Waals surface area contributed by atoms with Crippen molar-refractivity contribution >= 4 is 23.7 Å². The Morgan fingerprint density at radius 3 is 2.16 bits per heavy atom. The number of likely N-dealkylation sites (tertiary alicyclic amines) is 1. The minimum atomic E-state index is -0.260. The minimum Gasteiger partial charge on any atom is -0.343 e. The highest BCUT2D eigenvalue weighted by Gasteiger charge is 2.32. The van der Waals surface area contributed by atoms with Crippen molar-refractivity contribution in [2.45, 2.75) is 12.8 Å². The maximum atomic E-state index is 13.0. The Bertz CT molecular complexity index is 923. The number of amides is 3. The average Bonchev–Trinajstić information content (AvgIpc) is 2.88. The summed E-state index contributed by atoms with van der Waals surface area (Å²) in [6, 6.07) is 10.6. The zero-order chi connectivity index (χ0) is 22.3. The van der Waals surface area contributed by atoms with Crippen molar-refractivity contribution in [3.8, 4) is 0 Å². The van der Waals surface area contributed by atoms with E-state index >= 15 is 0 Å². The topological polar surface area (TPSA) is 98.7 Å². The third-order valence-corrected chi connectivity index (χ3v) is 6.06. The van der Waals surface area contributed by atoms with Crippen LogP contribution < -0.4 is 10.2 Å². The number of hydrogen-bond donors (Lipinski definition) is 1. The van der Waals surface area contributed by atoms with Gasteiger partial charge in [-0.15, -0.1) is 0 Å². The van der Waals surface area contributed by atoms with Crippen LogP contribution in [-0.4, -0.2) is 83.3 Å². The lowest BCUT2D eigenvalue weighted by atomic mass is 9.95. The van der Waals surface area contributed by atoms with Crippen LogP contribution in [0, 0.1) is 5.92 Å². The summed E-state index contributed by atoms with van der Waals surface area (Å²) in [6.45, 7) is 3.78. The molecule has 0 spiro atoms. The Balaban J connectivity index is 1.19. The zero-order valence-electron chi connectivity index (χ0n) is 18.0. The third kappa shape index (κ3) is 5.22. The second kappa shape index (κ2) is 10.2. The predicted molar refractivity (Wildman–Crippen MR) is 119 cm³/mol. The van der Waals surface area contributed by atoms with Crippen molar-refractivity contribution in [2.75, 3.05) is 50.7 Å². The number of nitrogens with one attached hydrogen (secondary N) is 1. The molecule has 3 heterocycles. The molecule has 0 atom stereocenters. The fourth-order valence-electron chi connectivity index (χ4n) is 4.17. The molecule has 32 heavy (non-hydrogen) atoms. The maximum absolute atomic E-state index is 13.0. The summed E-state index contributed by atoms with van der Waals surface area (Å²) in [5.74, 6) is 0.437. The Labute approximate surface area is 187 Å². The second-order valence-electron chi connectivity index (χ2n) is 8.06. The number of carbonyl (C=O) groups is 3. The Kier molecular flexibility index (Phi) is 6.94. The van der Waals surface area contributed by atoms with Crippen LogP contribution in [0.3, 0.4) is 0 Å². The number of anilines is 1. The molecule has 168 valence electrons. The van der Waals surface area contributed by atoms with Crippen LogP contribution in [-0.2, 0) is 9.59 Å². The van der Waals surface area contributed by atoms with Gasteiger partial charge in [0.05, 0.1) is 6.54 Å². The lowest BCUT2D eigenvalue weighted by molar-refractivity contribution is -0.140. The monoisotopic (exact) mass is 436 g/mol. The van der Waals surface area contributed by atoms with Gasteiger partial charge in [0.2, 0.25) is 17.8 Å². The molecule has 2 aliphatic heterocycles. The first-order chi connectivity index (χ1) is 15.6. The summed E-state index contributed by atoms with van der Waals surface area (Å²) >= 11 is 0. The molecule has 0 unspecified atom stereocenters. The van der Waals surface area contributed by atoms with Gasteiger partial charge in [-0.1, -0.05) is 18.2 Å². The molecule has 4 rings (SSSR count). The first-order valence-corrected chi connectivity index (χ1v) is 11.0. The molecular formula is C23H28N6O3. The molecule has 0 bridgehead atoms. The van der Waals surface area contributed by atoms with E-state index in [0.717, 1.165) is 0 Å². The SMILES string of the molecule is O=C(NCC(=O)N1CCC(C(=O)N2CCN(c3ncccn3)CC2)CC1)c1ccccc1. The van der Waals surface area contributed by atoms with E-state index in [1.165, 1.54) is 0 Å². The number of piperazine rings is 1. The van der Waals surface area contributed by atoms with Crippen LogP contribution in [0.5, 0.6) is 0 Å². The molecule has 0 aliphatic carbocycles. The Morgan fingerprint density at radius 2 is 1.50 bits per heavy atom. The highest BCUT2D eigenvalue weighted by Crippen LogP contribution is 2.21. The average molecular weight is 437 g/mol. The van der Waals surface area contributed by atoms with Crippen molar-refractivity contribution in [3.05, 3.63) is 54.4 Å². The van der Waals surface area contributed by atoms with Gasteiger partial charge in [0, 0.05) is 63.1 Å². The van der Waals surface area contributed by atoms with Gasteiger partial charge >= 0.3 is 0 Å². The molecule has 1 aromatic carbocycles. The molecule has 1 aromatic heterocycles. The van der Waals surface area contributed by atoms with E-state index in [0.29, 0.717) is 63.6 Å². The van der Waals surface area contributed by atoms with E-state index in [-0.39, 0.29) is 30.2 Å². The molecule has 9 heteroatoms. The molecule has 0 radical (unpaired) electrons. The molecule has 2 fully saturated rings. The molecule has 2 saturated heterocycles. The quantitative estimate of drug-likeness (QED) is 0.744. The number of piperidine rings is 1. The molecule has 2 aromatic rings. The highest BCUT2D eigenvalue weighted by atomic mass is 16.2. The normalized spacial score (nSPS) is 17.2. The van der Waals surface area contributed by atoms with Crippen LogP contribution in [0.2, 0.25) is 0 Å². The fraction of sp³-hybridized carbons (Fsp3) is 0.435. The van der Waals surface area contributed by atoms with Crippen LogP contribution in [0.15, 0.2) is 48.8 Å². The van der Waals surface area contributed by atoms with Crippen molar-refractivity contribution in [3.63, 3.8) is 0 Å². The van der Waals surface area contributed by atoms with Gasteiger partial charge < -0.3 is 20.0 Å². The molecule has 0 saturated carbocycles. The summed E-state index contributed by atoms with van der Waals surface area (Å²) in [5, 5.41) is 2.68. The van der Waals surface area contributed by atoms with Gasteiger partial charge in [-0.05, 0) is 31.0 Å². The van der Waals surface area contributed by atoms with Crippen molar-refractivity contribution in [1.29, 1.82) is 0 Å².